The maximum atomic E-state index is 13.2. The Labute approximate surface area is 201 Å². The van der Waals surface area contributed by atoms with Crippen LogP contribution >= 0.6 is 0 Å². The summed E-state index contributed by atoms with van der Waals surface area (Å²) in [7, 11) is 0. The first kappa shape index (κ1) is 23.9. The van der Waals surface area contributed by atoms with Crippen LogP contribution in [-0.2, 0) is 11.3 Å². The quantitative estimate of drug-likeness (QED) is 0.376. The van der Waals surface area contributed by atoms with Gasteiger partial charge in [0.15, 0.2) is 11.5 Å². The number of rotatable bonds is 8. The molecule has 2 aromatic carbocycles. The third-order valence-corrected chi connectivity index (χ3v) is 6.02. The first-order valence-corrected chi connectivity index (χ1v) is 11.3. The number of nitrogens with zero attached hydrogens (tertiary/aromatic N) is 4. The standard InChI is InChI=1S/C26H26N4O5/c1-16-13-19-20(14-17(16)2)30(25-24(27-19)21(31)15-22(32)28-25)12-11-29(10-6-9-23(33)34)26(35)18-7-4-3-5-8-18/h3-5,7-8,13-15,32H,6,9-12H2,1-2H3,(H,33,34). The summed E-state index contributed by atoms with van der Waals surface area (Å²) in [5.74, 6) is -1.32. The number of aliphatic carboxylic acids is 1. The number of aromatic nitrogens is 3. The number of carboxylic acid groups (broad SMARTS) is 1. The zero-order valence-electron chi connectivity index (χ0n) is 19.6. The van der Waals surface area contributed by atoms with Gasteiger partial charge in [-0.1, -0.05) is 18.2 Å². The smallest absolute Gasteiger partial charge is 0.303 e. The van der Waals surface area contributed by atoms with Gasteiger partial charge >= 0.3 is 5.97 Å². The molecule has 9 nitrogen and oxygen atoms in total. The second-order valence-electron chi connectivity index (χ2n) is 8.49. The van der Waals surface area contributed by atoms with E-state index in [1.807, 2.05) is 32.0 Å². The summed E-state index contributed by atoms with van der Waals surface area (Å²) in [5.41, 5.74) is 3.55. The van der Waals surface area contributed by atoms with Crippen LogP contribution in [0.5, 0.6) is 5.88 Å². The van der Waals surface area contributed by atoms with Crippen LogP contribution in [0.15, 0.2) is 53.3 Å². The lowest BCUT2D eigenvalue weighted by Crippen LogP contribution is -2.35. The molecule has 0 aromatic heterocycles. The lowest BCUT2D eigenvalue weighted by Gasteiger charge is -2.25. The monoisotopic (exact) mass is 474 g/mol. The molecule has 0 saturated heterocycles. The second kappa shape index (κ2) is 9.92. The van der Waals surface area contributed by atoms with Crippen molar-refractivity contribution in [3.8, 4) is 17.4 Å². The van der Waals surface area contributed by atoms with Crippen molar-refractivity contribution >= 4 is 22.9 Å². The number of aromatic hydroxyl groups is 1. The molecule has 2 aliphatic rings. The van der Waals surface area contributed by atoms with Crippen LogP contribution in [0.25, 0.3) is 22.6 Å². The molecular weight excluding hydrogens is 448 g/mol. The Morgan fingerprint density at radius 1 is 1.00 bits per heavy atom. The van der Waals surface area contributed by atoms with Crippen LogP contribution in [0.3, 0.4) is 0 Å². The predicted octanol–water partition coefficient (Wildman–Crippen LogP) is 3.23. The van der Waals surface area contributed by atoms with Crippen LogP contribution in [0.4, 0.5) is 0 Å². The molecule has 0 saturated carbocycles. The van der Waals surface area contributed by atoms with E-state index in [4.69, 9.17) is 5.11 Å². The Hall–Kier alpha value is -4.27. The molecule has 9 heteroatoms. The van der Waals surface area contributed by atoms with Crippen molar-refractivity contribution in [2.75, 3.05) is 13.1 Å². The normalized spacial score (nSPS) is 11.1. The van der Waals surface area contributed by atoms with Crippen LogP contribution in [0.2, 0.25) is 0 Å². The Kier molecular flexibility index (Phi) is 6.77. The minimum absolute atomic E-state index is 0.0553. The summed E-state index contributed by atoms with van der Waals surface area (Å²) in [6.45, 7) is 4.69. The third kappa shape index (κ3) is 5.13. The van der Waals surface area contributed by atoms with Crippen LogP contribution < -0.4 is 5.43 Å². The highest BCUT2D eigenvalue weighted by Gasteiger charge is 2.21. The number of benzene rings is 2. The fraction of sp³-hybridized carbons (Fsp3) is 0.269. The first-order valence-electron chi connectivity index (χ1n) is 11.3. The van der Waals surface area contributed by atoms with E-state index in [1.165, 1.54) is 0 Å². The summed E-state index contributed by atoms with van der Waals surface area (Å²) in [4.78, 5) is 47.1. The van der Waals surface area contributed by atoms with E-state index in [0.29, 0.717) is 17.5 Å². The van der Waals surface area contributed by atoms with E-state index < -0.39 is 17.3 Å². The highest BCUT2D eigenvalue weighted by Crippen LogP contribution is 2.26. The average Bonchev–Trinajstić information content (AvgIpc) is 2.82. The number of fused-ring (bicyclic) bond motifs is 2. The van der Waals surface area contributed by atoms with Crippen molar-refractivity contribution in [3.63, 3.8) is 0 Å². The number of pyridine rings is 1. The number of hydrogen-bond acceptors (Lipinski definition) is 6. The van der Waals surface area contributed by atoms with Gasteiger partial charge in [-0.15, -0.1) is 0 Å². The van der Waals surface area contributed by atoms with Gasteiger partial charge in [0.2, 0.25) is 11.3 Å². The number of hydrogen-bond donors (Lipinski definition) is 2. The lowest BCUT2D eigenvalue weighted by atomic mass is 10.1. The summed E-state index contributed by atoms with van der Waals surface area (Å²) in [5, 5.41) is 19.1. The molecule has 2 aromatic rings. The van der Waals surface area contributed by atoms with Gasteiger partial charge in [-0.05, 0) is 55.7 Å². The highest BCUT2D eigenvalue weighted by atomic mass is 16.4. The van der Waals surface area contributed by atoms with Crippen molar-refractivity contribution in [2.24, 2.45) is 0 Å². The Morgan fingerprint density at radius 2 is 1.71 bits per heavy atom. The number of aryl methyl sites for hydroxylation is 2. The van der Waals surface area contributed by atoms with Gasteiger partial charge in [-0.3, -0.25) is 14.4 Å². The molecular formula is C26H26N4O5. The number of amides is 1. The zero-order valence-corrected chi connectivity index (χ0v) is 19.6. The van der Waals surface area contributed by atoms with Gasteiger partial charge in [0, 0.05) is 31.6 Å². The first-order chi connectivity index (χ1) is 16.7. The van der Waals surface area contributed by atoms with Crippen molar-refractivity contribution < 1.29 is 19.8 Å². The van der Waals surface area contributed by atoms with Gasteiger partial charge in [0.1, 0.15) is 0 Å². The van der Waals surface area contributed by atoms with Crippen molar-refractivity contribution in [1.82, 2.24) is 19.4 Å². The van der Waals surface area contributed by atoms with E-state index in [2.05, 4.69) is 9.97 Å². The molecule has 1 amide bonds. The van der Waals surface area contributed by atoms with Crippen LogP contribution in [-0.4, -0.2) is 54.6 Å². The molecule has 0 radical (unpaired) electrons. The van der Waals surface area contributed by atoms with Crippen LogP contribution in [0, 0.1) is 13.8 Å². The van der Waals surface area contributed by atoms with E-state index >= 15 is 0 Å². The number of carbonyl (C=O) groups excluding carboxylic acids is 1. The zero-order chi connectivity index (χ0) is 25.1. The molecule has 0 atom stereocenters. The third-order valence-electron chi connectivity index (χ3n) is 6.02. The lowest BCUT2D eigenvalue weighted by molar-refractivity contribution is -0.137. The van der Waals surface area contributed by atoms with Crippen molar-refractivity contribution in [2.45, 2.75) is 33.2 Å². The summed E-state index contributed by atoms with van der Waals surface area (Å²) < 4.78 is 1.79. The summed E-state index contributed by atoms with van der Waals surface area (Å²) in [6, 6.07) is 13.7. The minimum Gasteiger partial charge on any atom is -0.493 e. The minimum atomic E-state index is -0.925. The molecule has 2 N–H and O–H groups in total. The molecule has 0 bridgehead atoms. The highest BCUT2D eigenvalue weighted by molar-refractivity contribution is 5.94. The van der Waals surface area contributed by atoms with Gasteiger partial charge in [-0.2, -0.15) is 4.98 Å². The molecule has 4 rings (SSSR count). The van der Waals surface area contributed by atoms with E-state index in [1.54, 1.807) is 33.7 Å². The maximum absolute atomic E-state index is 13.2. The largest absolute Gasteiger partial charge is 0.493 e. The molecule has 180 valence electrons. The molecule has 0 aliphatic carbocycles. The molecule has 2 heterocycles. The number of carbonyl (C=O) groups is 2. The van der Waals surface area contributed by atoms with Gasteiger partial charge < -0.3 is 19.7 Å². The van der Waals surface area contributed by atoms with E-state index in [9.17, 15) is 19.5 Å². The second-order valence-corrected chi connectivity index (χ2v) is 8.49. The van der Waals surface area contributed by atoms with Crippen molar-refractivity contribution in [1.29, 1.82) is 0 Å². The SMILES string of the molecule is Cc1cc2nc3c(=O)cc(O)nc-3n(CCN(CCCC(=O)O)C(=O)c3ccccc3)c2cc1C. The fourth-order valence-corrected chi connectivity index (χ4v) is 4.06. The predicted molar refractivity (Wildman–Crippen MR) is 131 cm³/mol. The Morgan fingerprint density at radius 3 is 2.43 bits per heavy atom. The molecule has 2 aliphatic heterocycles. The topological polar surface area (TPSA) is 126 Å². The average molecular weight is 475 g/mol. The van der Waals surface area contributed by atoms with Gasteiger partial charge in [0.05, 0.1) is 17.1 Å². The molecule has 0 spiro atoms. The Bertz CT molecular complexity index is 1430. The summed E-state index contributed by atoms with van der Waals surface area (Å²) in [6.07, 6.45) is 0.249. The fourth-order valence-electron chi connectivity index (χ4n) is 4.06. The molecule has 35 heavy (non-hydrogen) atoms. The molecule has 0 fully saturated rings. The maximum Gasteiger partial charge on any atom is 0.303 e. The van der Waals surface area contributed by atoms with E-state index in [-0.39, 0.29) is 43.5 Å². The molecule has 0 unspecified atom stereocenters. The number of carboxylic acids is 1. The van der Waals surface area contributed by atoms with Gasteiger partial charge in [0.25, 0.3) is 5.91 Å². The van der Waals surface area contributed by atoms with Crippen molar-refractivity contribution in [3.05, 3.63) is 75.4 Å². The van der Waals surface area contributed by atoms with Gasteiger partial charge in [-0.25, -0.2) is 4.98 Å². The summed E-state index contributed by atoms with van der Waals surface area (Å²) >= 11 is 0. The van der Waals surface area contributed by atoms with Crippen LogP contribution in [0.1, 0.15) is 34.3 Å². The van der Waals surface area contributed by atoms with E-state index in [0.717, 1.165) is 22.7 Å². The Balaban J connectivity index is 1.76.